The van der Waals surface area contributed by atoms with Crippen molar-refractivity contribution in [2.24, 2.45) is 0 Å². The van der Waals surface area contributed by atoms with Crippen LogP contribution in [0.3, 0.4) is 0 Å². The molecule has 0 amide bonds. The van der Waals surface area contributed by atoms with Crippen LogP contribution in [0.25, 0.3) is 12.2 Å². The predicted molar refractivity (Wildman–Crippen MR) is 107 cm³/mol. The summed E-state index contributed by atoms with van der Waals surface area (Å²) < 4.78 is 0. The Labute approximate surface area is 153 Å². The minimum atomic E-state index is 0.613. The number of benzene rings is 1. The molecule has 0 saturated heterocycles. The van der Waals surface area contributed by atoms with Gasteiger partial charge in [0.15, 0.2) is 0 Å². The average Bonchev–Trinajstić information content (AvgIpc) is 2.68. The first-order valence-corrected chi connectivity index (χ1v) is 8.56. The molecule has 3 aromatic rings. The lowest BCUT2D eigenvalue weighted by molar-refractivity contribution is 0.896. The van der Waals surface area contributed by atoms with E-state index in [0.29, 0.717) is 12.5 Å². The SMILES string of the molecule is C=C/C=c1/c(CN(c2cccc(C)c2)c2ncccn2)cnc/c1=C/C. The Balaban J connectivity index is 2.14. The number of pyridine rings is 1. The molecule has 0 fully saturated rings. The molecule has 0 aliphatic heterocycles. The van der Waals surface area contributed by atoms with Gasteiger partial charge in [-0.3, -0.25) is 4.98 Å². The molecule has 0 N–H and O–H groups in total. The number of aryl methyl sites for hydroxylation is 1. The molecule has 0 spiro atoms. The fourth-order valence-corrected chi connectivity index (χ4v) is 2.88. The normalized spacial score (nSPS) is 12.2. The highest BCUT2D eigenvalue weighted by atomic mass is 15.2. The Morgan fingerprint density at radius 3 is 2.62 bits per heavy atom. The Kier molecular flexibility index (Phi) is 5.54. The number of hydrogen-bond donors (Lipinski definition) is 0. The van der Waals surface area contributed by atoms with Crippen LogP contribution in [-0.2, 0) is 6.54 Å². The summed E-state index contributed by atoms with van der Waals surface area (Å²) in [7, 11) is 0. The lowest BCUT2D eigenvalue weighted by atomic mass is 10.1. The van der Waals surface area contributed by atoms with Gasteiger partial charge in [-0.1, -0.05) is 36.9 Å². The summed E-state index contributed by atoms with van der Waals surface area (Å²) in [4.78, 5) is 15.4. The van der Waals surface area contributed by atoms with Crippen LogP contribution in [0.4, 0.5) is 11.6 Å². The van der Waals surface area contributed by atoms with E-state index in [2.05, 4.69) is 57.6 Å². The second-order valence-corrected chi connectivity index (χ2v) is 5.97. The second kappa shape index (κ2) is 8.21. The lowest BCUT2D eigenvalue weighted by Crippen LogP contribution is -2.32. The minimum Gasteiger partial charge on any atom is -0.306 e. The van der Waals surface area contributed by atoms with E-state index in [-0.39, 0.29) is 0 Å². The van der Waals surface area contributed by atoms with Crippen molar-refractivity contribution in [3.63, 3.8) is 0 Å². The molecule has 1 aromatic carbocycles. The van der Waals surface area contributed by atoms with Crippen LogP contribution in [0.2, 0.25) is 0 Å². The monoisotopic (exact) mass is 342 g/mol. The Morgan fingerprint density at radius 1 is 1.12 bits per heavy atom. The number of aromatic nitrogens is 3. The number of allylic oxidation sites excluding steroid dienone is 1. The van der Waals surface area contributed by atoms with Gasteiger partial charge in [0.1, 0.15) is 0 Å². The molecule has 0 bridgehead atoms. The van der Waals surface area contributed by atoms with Crippen LogP contribution in [0, 0.1) is 6.92 Å². The van der Waals surface area contributed by atoms with E-state index in [9.17, 15) is 0 Å². The van der Waals surface area contributed by atoms with Crippen LogP contribution < -0.4 is 15.3 Å². The molecule has 0 radical (unpaired) electrons. The van der Waals surface area contributed by atoms with E-state index in [1.165, 1.54) is 5.56 Å². The Bertz CT molecular complexity index is 1010. The molecule has 0 unspecified atom stereocenters. The summed E-state index contributed by atoms with van der Waals surface area (Å²) in [5.74, 6) is 0.661. The van der Waals surface area contributed by atoms with Crippen LogP contribution in [-0.4, -0.2) is 15.0 Å². The Hall–Kier alpha value is -3.27. The van der Waals surface area contributed by atoms with Gasteiger partial charge in [0, 0.05) is 30.5 Å². The second-order valence-electron chi connectivity index (χ2n) is 5.97. The van der Waals surface area contributed by atoms with Crippen molar-refractivity contribution >= 4 is 23.8 Å². The molecule has 4 heteroatoms. The zero-order valence-corrected chi connectivity index (χ0v) is 15.1. The zero-order chi connectivity index (χ0) is 18.4. The first kappa shape index (κ1) is 17.5. The number of nitrogens with zero attached hydrogens (tertiary/aromatic N) is 4. The third-order valence-electron chi connectivity index (χ3n) is 4.13. The Morgan fingerprint density at radius 2 is 1.92 bits per heavy atom. The van der Waals surface area contributed by atoms with Crippen LogP contribution in [0.1, 0.15) is 18.1 Å². The summed E-state index contributed by atoms with van der Waals surface area (Å²) in [6.45, 7) is 8.56. The van der Waals surface area contributed by atoms with Gasteiger partial charge < -0.3 is 4.90 Å². The van der Waals surface area contributed by atoms with Gasteiger partial charge in [-0.15, -0.1) is 0 Å². The third-order valence-corrected chi connectivity index (χ3v) is 4.13. The molecular formula is C22H22N4. The fourth-order valence-electron chi connectivity index (χ4n) is 2.88. The first-order valence-electron chi connectivity index (χ1n) is 8.56. The highest BCUT2D eigenvalue weighted by molar-refractivity contribution is 5.58. The zero-order valence-electron chi connectivity index (χ0n) is 15.1. The van der Waals surface area contributed by atoms with E-state index in [4.69, 9.17) is 0 Å². The van der Waals surface area contributed by atoms with E-state index in [1.807, 2.05) is 43.6 Å². The summed E-state index contributed by atoms with van der Waals surface area (Å²) in [5.41, 5.74) is 3.33. The van der Waals surface area contributed by atoms with Crippen molar-refractivity contribution < 1.29 is 0 Å². The van der Waals surface area contributed by atoms with Crippen molar-refractivity contribution in [3.8, 4) is 0 Å². The summed E-state index contributed by atoms with van der Waals surface area (Å²) >= 11 is 0. The molecule has 0 aliphatic rings. The van der Waals surface area contributed by atoms with Gasteiger partial charge in [-0.2, -0.15) is 0 Å². The van der Waals surface area contributed by atoms with E-state index in [1.54, 1.807) is 12.4 Å². The van der Waals surface area contributed by atoms with Crippen LogP contribution in [0.5, 0.6) is 0 Å². The third kappa shape index (κ3) is 3.86. The minimum absolute atomic E-state index is 0.613. The molecule has 26 heavy (non-hydrogen) atoms. The quantitative estimate of drug-likeness (QED) is 0.713. The van der Waals surface area contributed by atoms with Crippen molar-refractivity contribution in [3.05, 3.63) is 89.3 Å². The van der Waals surface area contributed by atoms with Crippen molar-refractivity contribution in [1.29, 1.82) is 0 Å². The fraction of sp³-hybridized carbons (Fsp3) is 0.136. The van der Waals surface area contributed by atoms with Crippen LogP contribution >= 0.6 is 0 Å². The van der Waals surface area contributed by atoms with Gasteiger partial charge in [0.25, 0.3) is 0 Å². The summed E-state index contributed by atoms with van der Waals surface area (Å²) in [5, 5.41) is 2.20. The summed E-state index contributed by atoms with van der Waals surface area (Å²) in [6, 6.07) is 10.2. The summed E-state index contributed by atoms with van der Waals surface area (Å²) in [6.07, 6.45) is 13.2. The maximum Gasteiger partial charge on any atom is 0.230 e. The lowest BCUT2D eigenvalue weighted by Gasteiger charge is -2.23. The van der Waals surface area contributed by atoms with E-state index >= 15 is 0 Å². The van der Waals surface area contributed by atoms with E-state index in [0.717, 1.165) is 21.7 Å². The standard InChI is InChI=1S/C22H22N4/c1-4-8-21-18(5-2)14-23-15-19(21)16-26(22-24-11-7-12-25-22)20-10-6-9-17(3)13-20/h4-15H,1,16H2,2-3H3/b18-5-,21-8+. The van der Waals surface area contributed by atoms with Gasteiger partial charge in [-0.05, 0) is 53.6 Å². The predicted octanol–water partition coefficient (Wildman–Crippen LogP) is 3.29. The maximum absolute atomic E-state index is 4.46. The van der Waals surface area contributed by atoms with Crippen molar-refractivity contribution in [2.75, 3.05) is 4.90 Å². The van der Waals surface area contributed by atoms with Gasteiger partial charge in [0.2, 0.25) is 5.95 Å². The number of hydrogen-bond acceptors (Lipinski definition) is 4. The largest absolute Gasteiger partial charge is 0.306 e. The van der Waals surface area contributed by atoms with Crippen molar-refractivity contribution in [2.45, 2.75) is 20.4 Å². The molecule has 0 atom stereocenters. The molecule has 2 aromatic heterocycles. The maximum atomic E-state index is 4.46. The van der Waals surface area contributed by atoms with Gasteiger partial charge in [0.05, 0.1) is 6.54 Å². The topological polar surface area (TPSA) is 41.9 Å². The number of anilines is 2. The average molecular weight is 342 g/mol. The highest BCUT2D eigenvalue weighted by Crippen LogP contribution is 2.24. The molecular weight excluding hydrogens is 320 g/mol. The molecule has 0 saturated carbocycles. The van der Waals surface area contributed by atoms with Crippen LogP contribution in [0.15, 0.2) is 67.8 Å². The molecule has 3 rings (SSSR count). The number of rotatable bonds is 5. The molecule has 4 nitrogen and oxygen atoms in total. The molecule has 130 valence electrons. The molecule has 0 aliphatic carbocycles. The highest BCUT2D eigenvalue weighted by Gasteiger charge is 2.14. The molecule has 2 heterocycles. The van der Waals surface area contributed by atoms with Crippen molar-refractivity contribution in [1.82, 2.24) is 15.0 Å². The smallest absolute Gasteiger partial charge is 0.230 e. The van der Waals surface area contributed by atoms with E-state index < -0.39 is 0 Å². The first-order chi connectivity index (χ1) is 12.7. The van der Waals surface area contributed by atoms with Gasteiger partial charge in [-0.25, -0.2) is 9.97 Å². The van der Waals surface area contributed by atoms with Gasteiger partial charge >= 0.3 is 0 Å².